The number of nitrogens with zero attached hydrogens (tertiary/aromatic N) is 1. The highest BCUT2D eigenvalue weighted by Crippen LogP contribution is 2.35. The fourth-order valence-electron chi connectivity index (χ4n) is 2.30. The minimum Gasteiger partial charge on any atom is -0.465 e. The third-order valence-electron chi connectivity index (χ3n) is 3.39. The molecule has 0 saturated carbocycles. The summed E-state index contributed by atoms with van der Waals surface area (Å²) in [7, 11) is 0. The molecule has 0 aliphatic carbocycles. The van der Waals surface area contributed by atoms with Crippen molar-refractivity contribution in [2.24, 2.45) is 0 Å². The van der Waals surface area contributed by atoms with Crippen molar-refractivity contribution in [2.75, 3.05) is 6.61 Å². The second-order valence-electron chi connectivity index (χ2n) is 7.22. The molecule has 6 heteroatoms. The lowest BCUT2D eigenvalue weighted by molar-refractivity contribution is -0.145. The lowest BCUT2D eigenvalue weighted by Gasteiger charge is -2.21. The molecule has 5 nitrogen and oxygen atoms in total. The van der Waals surface area contributed by atoms with Crippen LogP contribution in [0.3, 0.4) is 0 Å². The first-order chi connectivity index (χ1) is 11.5. The highest BCUT2D eigenvalue weighted by Gasteiger charge is 2.30. The number of benzene rings is 1. The number of thioether (sulfide) groups is 1. The monoisotopic (exact) mass is 363 g/mol. The first-order valence-corrected chi connectivity index (χ1v) is 9.06. The summed E-state index contributed by atoms with van der Waals surface area (Å²) in [6, 6.07) is 7.58. The van der Waals surface area contributed by atoms with Crippen LogP contribution in [-0.2, 0) is 14.3 Å². The van der Waals surface area contributed by atoms with Crippen LogP contribution in [0.25, 0.3) is 10.9 Å². The van der Waals surface area contributed by atoms with Gasteiger partial charge < -0.3 is 9.47 Å². The van der Waals surface area contributed by atoms with E-state index in [1.807, 2.05) is 58.9 Å². The highest BCUT2D eigenvalue weighted by atomic mass is 32.2. The van der Waals surface area contributed by atoms with Gasteiger partial charge in [0.1, 0.15) is 10.3 Å². The molecule has 2 rings (SSSR count). The standard InChI is InChI=1S/C19H25NO4S/c1-7-23-16(21)19(5,6)25-14-8-9-15-13(12-14)10-11-20(15)17(22)24-18(2,3)4/h8-12H,7H2,1-6H3. The van der Waals surface area contributed by atoms with Crippen LogP contribution in [0, 0.1) is 0 Å². The molecule has 1 aromatic heterocycles. The zero-order chi connectivity index (χ0) is 18.8. The number of fused-ring (bicyclic) bond motifs is 1. The molecule has 0 N–H and O–H groups in total. The highest BCUT2D eigenvalue weighted by molar-refractivity contribution is 8.01. The van der Waals surface area contributed by atoms with Crippen molar-refractivity contribution in [2.45, 2.75) is 56.8 Å². The van der Waals surface area contributed by atoms with E-state index in [0.29, 0.717) is 6.61 Å². The molecular weight excluding hydrogens is 338 g/mol. The molecule has 0 unspecified atom stereocenters. The molecule has 0 aliphatic rings. The molecular formula is C19H25NO4S. The van der Waals surface area contributed by atoms with E-state index in [-0.39, 0.29) is 5.97 Å². The summed E-state index contributed by atoms with van der Waals surface area (Å²) in [5.74, 6) is -0.244. The SMILES string of the molecule is CCOC(=O)C(C)(C)Sc1ccc2c(ccn2C(=O)OC(C)(C)C)c1. The number of ether oxygens (including phenoxy) is 2. The normalized spacial score (nSPS) is 12.2. The molecule has 0 aliphatic heterocycles. The third-order valence-corrected chi connectivity index (χ3v) is 4.56. The summed E-state index contributed by atoms with van der Waals surface area (Å²) < 4.78 is 11.3. The smallest absolute Gasteiger partial charge is 0.418 e. The van der Waals surface area contributed by atoms with Gasteiger partial charge in [0, 0.05) is 16.5 Å². The number of carbonyl (C=O) groups is 2. The number of aromatic nitrogens is 1. The van der Waals surface area contributed by atoms with Crippen LogP contribution in [0.1, 0.15) is 41.5 Å². The van der Waals surface area contributed by atoms with Gasteiger partial charge in [0.05, 0.1) is 12.1 Å². The van der Waals surface area contributed by atoms with Gasteiger partial charge in [-0.25, -0.2) is 4.79 Å². The molecule has 1 heterocycles. The Kier molecular flexibility index (Phi) is 5.52. The van der Waals surface area contributed by atoms with E-state index in [9.17, 15) is 9.59 Å². The van der Waals surface area contributed by atoms with Crippen molar-refractivity contribution in [3.05, 3.63) is 30.5 Å². The third kappa shape index (κ3) is 4.78. The molecule has 0 radical (unpaired) electrons. The van der Waals surface area contributed by atoms with E-state index in [1.54, 1.807) is 13.1 Å². The van der Waals surface area contributed by atoms with Crippen LogP contribution in [0.2, 0.25) is 0 Å². The predicted molar refractivity (Wildman–Crippen MR) is 100 cm³/mol. The van der Waals surface area contributed by atoms with Gasteiger partial charge in [-0.05, 0) is 65.8 Å². The lowest BCUT2D eigenvalue weighted by Crippen LogP contribution is -2.29. The number of esters is 1. The van der Waals surface area contributed by atoms with Crippen molar-refractivity contribution in [3.8, 4) is 0 Å². The van der Waals surface area contributed by atoms with Crippen LogP contribution in [-0.4, -0.2) is 33.6 Å². The summed E-state index contributed by atoms with van der Waals surface area (Å²) in [5, 5.41) is 0.913. The molecule has 1 aromatic carbocycles. The van der Waals surface area contributed by atoms with Crippen LogP contribution in [0.5, 0.6) is 0 Å². The molecule has 0 amide bonds. The Hall–Kier alpha value is -1.95. The van der Waals surface area contributed by atoms with Crippen LogP contribution in [0.15, 0.2) is 35.4 Å². The van der Waals surface area contributed by atoms with E-state index in [1.165, 1.54) is 16.3 Å². The van der Waals surface area contributed by atoms with E-state index >= 15 is 0 Å². The van der Waals surface area contributed by atoms with E-state index in [2.05, 4.69) is 0 Å². The van der Waals surface area contributed by atoms with Crippen molar-refractivity contribution in [1.29, 1.82) is 0 Å². The number of hydrogen-bond donors (Lipinski definition) is 0. The minimum atomic E-state index is -0.683. The zero-order valence-electron chi connectivity index (χ0n) is 15.6. The lowest BCUT2D eigenvalue weighted by atomic mass is 10.2. The van der Waals surface area contributed by atoms with E-state index in [4.69, 9.17) is 9.47 Å². The summed E-state index contributed by atoms with van der Waals surface area (Å²) in [6.45, 7) is 11.3. The summed E-state index contributed by atoms with van der Waals surface area (Å²) in [4.78, 5) is 25.3. The van der Waals surface area contributed by atoms with E-state index < -0.39 is 16.4 Å². The molecule has 0 saturated heterocycles. The van der Waals surface area contributed by atoms with Gasteiger partial charge in [-0.2, -0.15) is 0 Å². The molecule has 0 bridgehead atoms. The van der Waals surface area contributed by atoms with Crippen molar-refractivity contribution in [3.63, 3.8) is 0 Å². The molecule has 2 aromatic rings. The quantitative estimate of drug-likeness (QED) is 0.573. The molecule has 0 spiro atoms. The Morgan fingerprint density at radius 3 is 2.40 bits per heavy atom. The summed E-state index contributed by atoms with van der Waals surface area (Å²) >= 11 is 1.44. The number of hydrogen-bond acceptors (Lipinski definition) is 5. The van der Waals surface area contributed by atoms with Gasteiger partial charge in [0.25, 0.3) is 0 Å². The largest absolute Gasteiger partial charge is 0.465 e. The van der Waals surface area contributed by atoms with Gasteiger partial charge >= 0.3 is 12.1 Å². The van der Waals surface area contributed by atoms with Crippen molar-refractivity contribution >= 4 is 34.7 Å². The Morgan fingerprint density at radius 2 is 1.80 bits per heavy atom. The fraction of sp³-hybridized carbons (Fsp3) is 0.474. The summed E-state index contributed by atoms with van der Waals surface area (Å²) in [5.41, 5.74) is 0.222. The fourth-order valence-corrected chi connectivity index (χ4v) is 3.35. The van der Waals surface area contributed by atoms with Gasteiger partial charge in [-0.15, -0.1) is 11.8 Å². The molecule has 0 fully saturated rings. The van der Waals surface area contributed by atoms with E-state index in [0.717, 1.165) is 15.8 Å². The molecule has 0 atom stereocenters. The van der Waals surface area contributed by atoms with Crippen LogP contribution >= 0.6 is 11.8 Å². The average molecular weight is 363 g/mol. The Bertz CT molecular complexity index is 786. The second-order valence-corrected chi connectivity index (χ2v) is 8.92. The number of rotatable bonds is 4. The first-order valence-electron chi connectivity index (χ1n) is 8.24. The van der Waals surface area contributed by atoms with Gasteiger partial charge in [0.2, 0.25) is 0 Å². The maximum Gasteiger partial charge on any atom is 0.418 e. The van der Waals surface area contributed by atoms with Crippen LogP contribution < -0.4 is 0 Å². The second kappa shape index (κ2) is 7.12. The van der Waals surface area contributed by atoms with Crippen LogP contribution in [0.4, 0.5) is 4.79 Å². The maximum atomic E-state index is 12.3. The average Bonchev–Trinajstić information content (AvgIpc) is 2.88. The topological polar surface area (TPSA) is 57.5 Å². The maximum absolute atomic E-state index is 12.3. The van der Waals surface area contributed by atoms with Crippen molar-refractivity contribution < 1.29 is 19.1 Å². The van der Waals surface area contributed by atoms with Crippen molar-refractivity contribution in [1.82, 2.24) is 4.57 Å². The minimum absolute atomic E-state index is 0.244. The van der Waals surface area contributed by atoms with Gasteiger partial charge in [-0.3, -0.25) is 9.36 Å². The Balaban J connectivity index is 2.25. The summed E-state index contributed by atoms with van der Waals surface area (Å²) in [6.07, 6.45) is 1.29. The van der Waals surface area contributed by atoms with Gasteiger partial charge in [0.15, 0.2) is 0 Å². The number of carbonyl (C=O) groups excluding carboxylic acids is 2. The molecule has 136 valence electrons. The predicted octanol–water partition coefficient (Wildman–Crippen LogP) is 4.86. The zero-order valence-corrected chi connectivity index (χ0v) is 16.4. The Morgan fingerprint density at radius 1 is 1.12 bits per heavy atom. The Labute approximate surface area is 152 Å². The first kappa shape index (κ1) is 19.4. The molecule has 25 heavy (non-hydrogen) atoms. The van der Waals surface area contributed by atoms with Gasteiger partial charge in [-0.1, -0.05) is 0 Å².